The van der Waals surface area contributed by atoms with Gasteiger partial charge >= 0.3 is 0 Å². The Bertz CT molecular complexity index is 1200. The molecule has 2 aliphatic heterocycles. The van der Waals surface area contributed by atoms with Crippen LogP contribution in [0.3, 0.4) is 0 Å². The smallest absolute Gasteiger partial charge is 0.197 e. The molecule has 30 heavy (non-hydrogen) atoms. The number of fused-ring (bicyclic) bond motifs is 4. The molecule has 0 saturated carbocycles. The Balaban J connectivity index is 1.80. The Hall–Kier alpha value is -3.11. The topological polar surface area (TPSA) is 150 Å². The number of aromatic hydroxyl groups is 2. The van der Waals surface area contributed by atoms with E-state index in [-0.39, 0.29) is 46.1 Å². The molecule has 4 atom stereocenters. The zero-order valence-electron chi connectivity index (χ0n) is 15.5. The Labute approximate surface area is 169 Å². The van der Waals surface area contributed by atoms with Crippen molar-refractivity contribution in [1.82, 2.24) is 0 Å². The molecule has 2 aliphatic rings. The lowest BCUT2D eigenvalue weighted by atomic mass is 9.87. The van der Waals surface area contributed by atoms with Gasteiger partial charge in [0, 0.05) is 17.7 Å². The normalized spacial score (nSPS) is 27.5. The predicted molar refractivity (Wildman–Crippen MR) is 102 cm³/mol. The zero-order chi connectivity index (χ0) is 21.2. The molecule has 0 amide bonds. The van der Waals surface area contributed by atoms with E-state index < -0.39 is 35.9 Å². The molecule has 156 valence electrons. The number of phenols is 2. The van der Waals surface area contributed by atoms with Gasteiger partial charge in [0.15, 0.2) is 16.6 Å². The molecule has 0 aliphatic carbocycles. The van der Waals surface area contributed by atoms with E-state index in [4.69, 9.17) is 13.9 Å². The molecule has 1 aromatic heterocycles. The maximum Gasteiger partial charge on any atom is 0.197 e. The molecule has 0 radical (unpaired) electrons. The Morgan fingerprint density at radius 1 is 1.10 bits per heavy atom. The Kier molecular flexibility index (Phi) is 4.06. The van der Waals surface area contributed by atoms with Gasteiger partial charge in [-0.1, -0.05) is 0 Å². The van der Waals surface area contributed by atoms with Crippen LogP contribution < -0.4 is 10.2 Å². The van der Waals surface area contributed by atoms with Gasteiger partial charge in [-0.25, -0.2) is 0 Å². The minimum atomic E-state index is -1.59. The van der Waals surface area contributed by atoms with Gasteiger partial charge in [0.25, 0.3) is 0 Å². The molecule has 9 nitrogen and oxygen atoms in total. The van der Waals surface area contributed by atoms with Crippen LogP contribution in [-0.2, 0) is 10.3 Å². The number of aliphatic hydroxyl groups is 3. The predicted octanol–water partition coefficient (Wildman–Crippen LogP) is 0.572. The summed E-state index contributed by atoms with van der Waals surface area (Å²) in [5.74, 6) is -0.0252. The van der Waals surface area contributed by atoms with Crippen LogP contribution in [0.2, 0.25) is 0 Å². The van der Waals surface area contributed by atoms with Crippen LogP contribution in [0.15, 0.2) is 45.6 Å². The minimum absolute atomic E-state index is 0.0410. The van der Waals surface area contributed by atoms with E-state index in [9.17, 15) is 30.3 Å². The Morgan fingerprint density at radius 2 is 1.83 bits per heavy atom. The van der Waals surface area contributed by atoms with Gasteiger partial charge in [0.1, 0.15) is 53.3 Å². The molecule has 0 unspecified atom stereocenters. The van der Waals surface area contributed by atoms with Crippen LogP contribution in [0.5, 0.6) is 17.2 Å². The van der Waals surface area contributed by atoms with Crippen molar-refractivity contribution < 1.29 is 39.4 Å². The first-order valence-electron chi connectivity index (χ1n) is 9.27. The van der Waals surface area contributed by atoms with E-state index in [1.165, 1.54) is 24.3 Å². The number of ether oxygens (including phenoxy) is 2. The third-order valence-electron chi connectivity index (χ3n) is 5.69. The fourth-order valence-corrected chi connectivity index (χ4v) is 4.19. The van der Waals surface area contributed by atoms with Gasteiger partial charge in [-0.2, -0.15) is 0 Å². The average molecular weight is 414 g/mol. The first-order valence-corrected chi connectivity index (χ1v) is 9.27. The van der Waals surface area contributed by atoms with Crippen LogP contribution in [-0.4, -0.2) is 57.1 Å². The summed E-state index contributed by atoms with van der Waals surface area (Å²) in [4.78, 5) is 12.8. The average Bonchev–Trinajstić information content (AvgIpc) is 3.21. The van der Waals surface area contributed by atoms with Crippen molar-refractivity contribution in [2.24, 2.45) is 0 Å². The SMILES string of the molecule is O=c1cc(-c2ccc(O)cc2)oc2c3c(cc(O)c12)OC[C@]31O[C@@H](CO)[C@H](O)[C@H]1O. The summed E-state index contributed by atoms with van der Waals surface area (Å²) < 4.78 is 17.4. The van der Waals surface area contributed by atoms with Crippen molar-refractivity contribution in [2.45, 2.75) is 23.9 Å². The minimum Gasteiger partial charge on any atom is -0.508 e. The van der Waals surface area contributed by atoms with Gasteiger partial charge in [0.05, 0.1) is 12.2 Å². The van der Waals surface area contributed by atoms with Crippen molar-refractivity contribution in [3.05, 3.63) is 52.2 Å². The van der Waals surface area contributed by atoms with Gasteiger partial charge in [-0.3, -0.25) is 4.79 Å². The fourth-order valence-electron chi connectivity index (χ4n) is 4.19. The molecule has 9 heteroatoms. The third kappa shape index (κ3) is 2.47. The molecule has 3 heterocycles. The maximum absolute atomic E-state index is 12.8. The van der Waals surface area contributed by atoms with E-state index in [1.54, 1.807) is 12.1 Å². The van der Waals surface area contributed by atoms with Gasteiger partial charge in [-0.05, 0) is 24.3 Å². The van der Waals surface area contributed by atoms with Crippen molar-refractivity contribution in [3.63, 3.8) is 0 Å². The van der Waals surface area contributed by atoms with Gasteiger partial charge in [-0.15, -0.1) is 0 Å². The highest BCUT2D eigenvalue weighted by Crippen LogP contribution is 2.52. The van der Waals surface area contributed by atoms with E-state index >= 15 is 0 Å². The number of phenolic OH excluding ortho intramolecular Hbond substituents is 2. The van der Waals surface area contributed by atoms with Crippen molar-refractivity contribution >= 4 is 11.0 Å². The first kappa shape index (κ1) is 18.9. The number of hydrogen-bond acceptors (Lipinski definition) is 9. The highest BCUT2D eigenvalue weighted by atomic mass is 16.6. The van der Waals surface area contributed by atoms with Gasteiger partial charge < -0.3 is 39.4 Å². The molecule has 1 fully saturated rings. The van der Waals surface area contributed by atoms with Crippen molar-refractivity contribution in [1.29, 1.82) is 0 Å². The molecule has 1 spiro atoms. The fraction of sp³-hybridized carbons (Fsp3) is 0.286. The number of aliphatic hydroxyl groups excluding tert-OH is 3. The maximum atomic E-state index is 12.8. The summed E-state index contributed by atoms with van der Waals surface area (Å²) in [6.07, 6.45) is -3.92. The largest absolute Gasteiger partial charge is 0.508 e. The summed E-state index contributed by atoms with van der Waals surface area (Å²) >= 11 is 0. The molecule has 2 aromatic carbocycles. The summed E-state index contributed by atoms with van der Waals surface area (Å²) in [6.45, 7) is -0.739. The summed E-state index contributed by atoms with van der Waals surface area (Å²) in [6, 6.07) is 8.42. The van der Waals surface area contributed by atoms with E-state index in [2.05, 4.69) is 0 Å². The summed E-state index contributed by atoms with van der Waals surface area (Å²) in [5.41, 5.74) is -1.50. The van der Waals surface area contributed by atoms with Crippen LogP contribution in [0.1, 0.15) is 5.56 Å². The number of hydrogen-bond donors (Lipinski definition) is 5. The lowest BCUT2D eigenvalue weighted by Gasteiger charge is -2.26. The summed E-state index contributed by atoms with van der Waals surface area (Å²) in [5, 5.41) is 50.3. The monoisotopic (exact) mass is 414 g/mol. The van der Waals surface area contributed by atoms with E-state index in [1.807, 2.05) is 0 Å². The molecule has 1 saturated heterocycles. The van der Waals surface area contributed by atoms with Crippen molar-refractivity contribution in [3.8, 4) is 28.6 Å². The highest BCUT2D eigenvalue weighted by Gasteiger charge is 2.60. The lowest BCUT2D eigenvalue weighted by molar-refractivity contribution is -0.104. The van der Waals surface area contributed by atoms with Crippen molar-refractivity contribution in [2.75, 3.05) is 13.2 Å². The second kappa shape index (κ2) is 6.44. The molecular formula is C21H18O9. The van der Waals surface area contributed by atoms with Crippen LogP contribution in [0.4, 0.5) is 0 Å². The molecule has 0 bridgehead atoms. The second-order valence-corrected chi connectivity index (χ2v) is 7.45. The third-order valence-corrected chi connectivity index (χ3v) is 5.69. The summed E-state index contributed by atoms with van der Waals surface area (Å²) in [7, 11) is 0. The molecule has 5 N–H and O–H groups in total. The van der Waals surface area contributed by atoms with Crippen LogP contribution in [0.25, 0.3) is 22.3 Å². The molecule has 5 rings (SSSR count). The lowest BCUT2D eigenvalue weighted by Crippen LogP contribution is -2.42. The van der Waals surface area contributed by atoms with E-state index in [0.29, 0.717) is 5.56 Å². The van der Waals surface area contributed by atoms with E-state index in [0.717, 1.165) is 0 Å². The number of rotatable bonds is 2. The zero-order valence-corrected chi connectivity index (χ0v) is 15.5. The highest BCUT2D eigenvalue weighted by molar-refractivity contribution is 5.90. The molecular weight excluding hydrogens is 396 g/mol. The van der Waals surface area contributed by atoms with Gasteiger partial charge in [0.2, 0.25) is 0 Å². The standard InChI is InChI=1S/C21H18O9/c22-7-15-18(26)20(27)21(30-15)8-28-14-6-12(25)16-11(24)5-13(29-19(16)17(14)21)9-1-3-10(23)4-2-9/h1-6,15,18,20,22-23,25-27H,7-8H2/t15-,18-,20+,21-/m0/s1. The molecule has 3 aromatic rings. The van der Waals surface area contributed by atoms with Crippen LogP contribution in [0, 0.1) is 0 Å². The number of benzene rings is 2. The first-order chi connectivity index (χ1) is 14.4. The quantitative estimate of drug-likeness (QED) is 0.406. The van der Waals surface area contributed by atoms with Crippen LogP contribution >= 0.6 is 0 Å². The second-order valence-electron chi connectivity index (χ2n) is 7.45. The Morgan fingerprint density at radius 3 is 2.50 bits per heavy atom.